The molecule has 3 aromatic rings. The lowest BCUT2D eigenvalue weighted by atomic mass is 10.2. The van der Waals surface area contributed by atoms with E-state index in [1.807, 2.05) is 35.7 Å². The fourth-order valence-corrected chi connectivity index (χ4v) is 2.64. The topological polar surface area (TPSA) is 54.6 Å². The summed E-state index contributed by atoms with van der Waals surface area (Å²) < 4.78 is 5.64. The Bertz CT molecular complexity index is 809. The van der Waals surface area contributed by atoms with Crippen molar-refractivity contribution >= 4 is 35.1 Å². The van der Waals surface area contributed by atoms with E-state index < -0.39 is 0 Å². The summed E-state index contributed by atoms with van der Waals surface area (Å²) in [4.78, 5) is 12.3. The molecule has 0 fully saturated rings. The van der Waals surface area contributed by atoms with Gasteiger partial charge in [0.25, 0.3) is 5.91 Å². The smallest absolute Gasteiger partial charge is 0.281 e. The van der Waals surface area contributed by atoms with Gasteiger partial charge in [0.15, 0.2) is 0 Å². The van der Waals surface area contributed by atoms with Crippen LogP contribution in [0.2, 0.25) is 5.02 Å². The minimum atomic E-state index is -0.243. The Balaban J connectivity index is 1.67. The van der Waals surface area contributed by atoms with E-state index in [1.54, 1.807) is 18.2 Å². The van der Waals surface area contributed by atoms with E-state index in [-0.39, 0.29) is 5.91 Å². The first-order valence-corrected chi connectivity index (χ1v) is 7.71. The molecule has 0 spiro atoms. The van der Waals surface area contributed by atoms with Gasteiger partial charge in [-0.15, -0.1) is 11.3 Å². The third-order valence-electron chi connectivity index (χ3n) is 2.84. The summed E-state index contributed by atoms with van der Waals surface area (Å²) in [7, 11) is 0. The summed E-state index contributed by atoms with van der Waals surface area (Å²) in [5.41, 5.74) is 3.34. The van der Waals surface area contributed by atoms with Crippen molar-refractivity contribution in [3.63, 3.8) is 0 Å². The molecule has 2 heterocycles. The summed E-state index contributed by atoms with van der Waals surface area (Å²) in [5.74, 6) is 0.989. The summed E-state index contributed by atoms with van der Waals surface area (Å²) in [5, 5.41) is 6.37. The Morgan fingerprint density at radius 2 is 2.14 bits per heavy atom. The number of amides is 1. The van der Waals surface area contributed by atoms with Crippen LogP contribution in [0.1, 0.15) is 15.4 Å². The van der Waals surface area contributed by atoms with Crippen molar-refractivity contribution in [2.75, 3.05) is 0 Å². The highest BCUT2D eigenvalue weighted by Gasteiger charge is 2.05. The van der Waals surface area contributed by atoms with Crippen LogP contribution in [0.3, 0.4) is 0 Å². The quantitative estimate of drug-likeness (QED) is 0.568. The fraction of sp³-hybridized carbons (Fsp3) is 0. The minimum Gasteiger partial charge on any atom is -0.455 e. The van der Waals surface area contributed by atoms with Gasteiger partial charge in [-0.05, 0) is 35.7 Å². The van der Waals surface area contributed by atoms with Gasteiger partial charge in [-0.1, -0.05) is 29.8 Å². The summed E-state index contributed by atoms with van der Waals surface area (Å²) in [6.07, 6.45) is 1.46. The molecule has 3 rings (SSSR count). The maximum absolute atomic E-state index is 11.7. The number of hydrogen-bond donors (Lipinski definition) is 1. The number of hydrazone groups is 1. The van der Waals surface area contributed by atoms with Crippen molar-refractivity contribution in [3.05, 3.63) is 69.6 Å². The SMILES string of the molecule is O=C(N/N=C/c1ccc(-c2cccc(Cl)c2)o1)c1cccs1. The molecular formula is C16H11ClN2O2S. The number of carbonyl (C=O) groups excluding carboxylic acids is 1. The van der Waals surface area contributed by atoms with Crippen LogP contribution in [0.15, 0.2) is 63.4 Å². The average Bonchev–Trinajstić information content (AvgIpc) is 3.19. The lowest BCUT2D eigenvalue weighted by Crippen LogP contribution is -2.15. The third-order valence-corrected chi connectivity index (χ3v) is 3.94. The number of thiophene rings is 1. The molecule has 2 aromatic heterocycles. The Morgan fingerprint density at radius 1 is 1.23 bits per heavy atom. The molecule has 4 nitrogen and oxygen atoms in total. The van der Waals surface area contributed by atoms with E-state index in [1.165, 1.54) is 17.6 Å². The van der Waals surface area contributed by atoms with Crippen LogP contribution < -0.4 is 5.43 Å². The first-order chi connectivity index (χ1) is 10.7. The van der Waals surface area contributed by atoms with E-state index in [9.17, 15) is 4.79 Å². The zero-order chi connectivity index (χ0) is 15.4. The van der Waals surface area contributed by atoms with Gasteiger partial charge in [-0.3, -0.25) is 4.79 Å². The molecule has 22 heavy (non-hydrogen) atoms. The van der Waals surface area contributed by atoms with Gasteiger partial charge in [0.1, 0.15) is 11.5 Å². The minimum absolute atomic E-state index is 0.243. The van der Waals surface area contributed by atoms with E-state index in [0.717, 1.165) is 5.56 Å². The van der Waals surface area contributed by atoms with E-state index >= 15 is 0 Å². The number of carbonyl (C=O) groups is 1. The van der Waals surface area contributed by atoms with Gasteiger partial charge in [-0.25, -0.2) is 5.43 Å². The largest absolute Gasteiger partial charge is 0.455 e. The maximum atomic E-state index is 11.7. The Labute approximate surface area is 136 Å². The van der Waals surface area contributed by atoms with Crippen LogP contribution >= 0.6 is 22.9 Å². The molecule has 0 aliphatic carbocycles. The second-order valence-corrected chi connectivity index (χ2v) is 5.77. The number of hydrogen-bond acceptors (Lipinski definition) is 4. The van der Waals surface area contributed by atoms with Crippen molar-refractivity contribution in [2.45, 2.75) is 0 Å². The predicted octanol–water partition coefficient (Wildman–Crippen LogP) is 4.43. The number of rotatable bonds is 4. The third kappa shape index (κ3) is 3.44. The van der Waals surface area contributed by atoms with Crippen molar-refractivity contribution in [2.24, 2.45) is 5.10 Å². The van der Waals surface area contributed by atoms with Gasteiger partial charge in [-0.2, -0.15) is 5.10 Å². The molecule has 0 atom stereocenters. The molecule has 0 aliphatic rings. The van der Waals surface area contributed by atoms with E-state index in [0.29, 0.717) is 21.4 Å². The number of nitrogens with one attached hydrogen (secondary N) is 1. The van der Waals surface area contributed by atoms with Crippen molar-refractivity contribution in [3.8, 4) is 11.3 Å². The first kappa shape index (κ1) is 14.6. The van der Waals surface area contributed by atoms with Gasteiger partial charge >= 0.3 is 0 Å². The second kappa shape index (κ2) is 6.60. The lowest BCUT2D eigenvalue weighted by Gasteiger charge is -1.97. The molecular weight excluding hydrogens is 320 g/mol. The van der Waals surface area contributed by atoms with Gasteiger partial charge in [0.2, 0.25) is 0 Å². The molecule has 0 saturated heterocycles. The molecule has 110 valence electrons. The van der Waals surface area contributed by atoms with Crippen molar-refractivity contribution < 1.29 is 9.21 Å². The maximum Gasteiger partial charge on any atom is 0.281 e. The number of nitrogens with zero attached hydrogens (tertiary/aromatic N) is 1. The lowest BCUT2D eigenvalue weighted by molar-refractivity contribution is 0.0959. The summed E-state index contributed by atoms with van der Waals surface area (Å²) in [6, 6.07) is 14.5. The molecule has 0 saturated carbocycles. The van der Waals surface area contributed by atoms with Gasteiger partial charge in [0.05, 0.1) is 11.1 Å². The highest BCUT2D eigenvalue weighted by molar-refractivity contribution is 7.12. The monoisotopic (exact) mass is 330 g/mol. The number of furan rings is 1. The van der Waals surface area contributed by atoms with Crippen LogP contribution in [0, 0.1) is 0 Å². The van der Waals surface area contributed by atoms with Crippen molar-refractivity contribution in [1.29, 1.82) is 0 Å². The zero-order valence-electron chi connectivity index (χ0n) is 11.3. The number of halogens is 1. The molecule has 0 unspecified atom stereocenters. The van der Waals surface area contributed by atoms with E-state index in [4.69, 9.17) is 16.0 Å². The molecule has 1 aromatic carbocycles. The zero-order valence-corrected chi connectivity index (χ0v) is 12.9. The fourth-order valence-electron chi connectivity index (χ4n) is 1.84. The van der Waals surface area contributed by atoms with Crippen molar-refractivity contribution in [1.82, 2.24) is 5.43 Å². The first-order valence-electron chi connectivity index (χ1n) is 6.45. The Kier molecular flexibility index (Phi) is 4.37. The van der Waals surface area contributed by atoms with Crippen LogP contribution in [0.25, 0.3) is 11.3 Å². The van der Waals surface area contributed by atoms with Crippen LogP contribution in [0.5, 0.6) is 0 Å². The second-order valence-electron chi connectivity index (χ2n) is 4.39. The van der Waals surface area contributed by atoms with Gasteiger partial charge in [0, 0.05) is 10.6 Å². The van der Waals surface area contributed by atoms with Gasteiger partial charge < -0.3 is 4.42 Å². The highest BCUT2D eigenvalue weighted by Crippen LogP contribution is 2.24. The average molecular weight is 331 g/mol. The predicted molar refractivity (Wildman–Crippen MR) is 88.5 cm³/mol. The molecule has 0 radical (unpaired) electrons. The highest BCUT2D eigenvalue weighted by atomic mass is 35.5. The molecule has 0 aliphatic heterocycles. The van der Waals surface area contributed by atoms with Crippen LogP contribution in [0.4, 0.5) is 0 Å². The Hall–Kier alpha value is -2.37. The molecule has 6 heteroatoms. The molecule has 1 N–H and O–H groups in total. The van der Waals surface area contributed by atoms with Crippen LogP contribution in [-0.4, -0.2) is 12.1 Å². The molecule has 1 amide bonds. The summed E-state index contributed by atoms with van der Waals surface area (Å²) >= 11 is 7.31. The van der Waals surface area contributed by atoms with E-state index in [2.05, 4.69) is 10.5 Å². The Morgan fingerprint density at radius 3 is 2.91 bits per heavy atom. The standard InChI is InChI=1S/C16H11ClN2O2S/c17-12-4-1-3-11(9-12)14-7-6-13(21-14)10-18-19-16(20)15-5-2-8-22-15/h1-10H,(H,19,20)/b18-10+. The number of benzene rings is 1. The summed E-state index contributed by atoms with van der Waals surface area (Å²) in [6.45, 7) is 0. The molecule has 0 bridgehead atoms. The normalized spacial score (nSPS) is 11.0. The van der Waals surface area contributed by atoms with Crippen LogP contribution in [-0.2, 0) is 0 Å².